The molecule has 4 rings (SSSR count). The van der Waals surface area contributed by atoms with Gasteiger partial charge < -0.3 is 10.2 Å². The molecule has 3 aromatic rings. The number of hydrogen-bond acceptors (Lipinski definition) is 4. The minimum absolute atomic E-state index is 0.00121. The van der Waals surface area contributed by atoms with Gasteiger partial charge in [-0.15, -0.1) is 0 Å². The van der Waals surface area contributed by atoms with Gasteiger partial charge in [0.15, 0.2) is 0 Å². The van der Waals surface area contributed by atoms with Gasteiger partial charge in [-0.05, 0) is 80.8 Å². The number of benzene rings is 3. The second-order valence-corrected chi connectivity index (χ2v) is 12.9. The van der Waals surface area contributed by atoms with Crippen molar-refractivity contribution >= 4 is 50.7 Å². The molecule has 7 nitrogen and oxygen atoms in total. The lowest BCUT2D eigenvalue weighted by molar-refractivity contribution is -0.139. The third kappa shape index (κ3) is 7.36. The molecule has 3 aromatic carbocycles. The molecule has 1 fully saturated rings. The van der Waals surface area contributed by atoms with Crippen LogP contribution in [0.15, 0.2) is 77.7 Å². The highest BCUT2D eigenvalue weighted by Crippen LogP contribution is 2.26. The molecule has 1 aliphatic carbocycles. The molecule has 1 N–H and O–H groups in total. The summed E-state index contributed by atoms with van der Waals surface area (Å²) in [5.41, 5.74) is 2.00. The van der Waals surface area contributed by atoms with E-state index in [4.69, 9.17) is 23.2 Å². The average molecular weight is 603 g/mol. The largest absolute Gasteiger partial charge is 0.352 e. The molecule has 212 valence electrons. The molecule has 1 aliphatic rings. The van der Waals surface area contributed by atoms with E-state index in [-0.39, 0.29) is 23.4 Å². The van der Waals surface area contributed by atoms with E-state index in [1.54, 1.807) is 49.4 Å². The van der Waals surface area contributed by atoms with Gasteiger partial charge in [-0.25, -0.2) is 8.42 Å². The van der Waals surface area contributed by atoms with Crippen molar-refractivity contribution in [1.82, 2.24) is 10.2 Å². The monoisotopic (exact) mass is 601 g/mol. The molecule has 40 heavy (non-hydrogen) atoms. The highest BCUT2D eigenvalue weighted by atomic mass is 35.5. The Balaban J connectivity index is 1.68. The summed E-state index contributed by atoms with van der Waals surface area (Å²) in [4.78, 5) is 28.7. The van der Waals surface area contributed by atoms with Gasteiger partial charge in [0.2, 0.25) is 11.8 Å². The summed E-state index contributed by atoms with van der Waals surface area (Å²) in [6, 6.07) is 19.0. The summed E-state index contributed by atoms with van der Waals surface area (Å²) >= 11 is 12.2. The summed E-state index contributed by atoms with van der Waals surface area (Å²) in [5.74, 6) is -0.795. The van der Waals surface area contributed by atoms with Crippen LogP contribution in [0.2, 0.25) is 10.0 Å². The number of anilines is 1. The number of amides is 2. The molecule has 0 bridgehead atoms. The number of rotatable bonds is 10. The van der Waals surface area contributed by atoms with E-state index in [9.17, 15) is 18.0 Å². The molecule has 0 spiro atoms. The fourth-order valence-electron chi connectivity index (χ4n) is 4.78. The zero-order chi connectivity index (χ0) is 28.9. The van der Waals surface area contributed by atoms with E-state index in [1.165, 1.54) is 29.2 Å². The Morgan fingerprint density at radius 3 is 2.23 bits per heavy atom. The van der Waals surface area contributed by atoms with Gasteiger partial charge in [-0.2, -0.15) is 0 Å². The molecule has 1 saturated carbocycles. The molecule has 0 aliphatic heterocycles. The van der Waals surface area contributed by atoms with E-state index in [1.807, 2.05) is 13.0 Å². The maximum atomic E-state index is 14.0. The molecule has 0 heterocycles. The van der Waals surface area contributed by atoms with Crippen LogP contribution in [-0.2, 0) is 26.2 Å². The second-order valence-electron chi connectivity index (χ2n) is 10.1. The van der Waals surface area contributed by atoms with Crippen molar-refractivity contribution in [3.63, 3.8) is 0 Å². The van der Waals surface area contributed by atoms with Gasteiger partial charge in [0, 0.05) is 22.6 Å². The highest BCUT2D eigenvalue weighted by Gasteiger charge is 2.33. The Morgan fingerprint density at radius 2 is 1.60 bits per heavy atom. The van der Waals surface area contributed by atoms with Crippen molar-refractivity contribution in [2.24, 2.45) is 0 Å². The maximum Gasteiger partial charge on any atom is 0.264 e. The Hall–Kier alpha value is -3.07. The second kappa shape index (κ2) is 13.1. The van der Waals surface area contributed by atoms with Crippen molar-refractivity contribution in [2.45, 2.75) is 63.1 Å². The normalized spacial score (nSPS) is 14.5. The average Bonchev–Trinajstić information content (AvgIpc) is 3.44. The van der Waals surface area contributed by atoms with Gasteiger partial charge in [-0.3, -0.25) is 13.9 Å². The summed E-state index contributed by atoms with van der Waals surface area (Å²) < 4.78 is 28.8. The minimum Gasteiger partial charge on any atom is -0.352 e. The lowest BCUT2D eigenvalue weighted by atomic mass is 10.1. The third-order valence-corrected chi connectivity index (χ3v) is 9.39. The van der Waals surface area contributed by atoms with Crippen molar-refractivity contribution in [2.75, 3.05) is 10.8 Å². The van der Waals surface area contributed by atoms with Crippen LogP contribution in [0, 0.1) is 6.92 Å². The first kappa shape index (κ1) is 29.9. The number of aryl methyl sites for hydroxylation is 1. The van der Waals surface area contributed by atoms with Gasteiger partial charge in [0.1, 0.15) is 12.6 Å². The predicted molar refractivity (Wildman–Crippen MR) is 159 cm³/mol. The van der Waals surface area contributed by atoms with Gasteiger partial charge in [-0.1, -0.05) is 65.9 Å². The first-order chi connectivity index (χ1) is 19.0. The number of carbonyl (C=O) groups is 2. The number of hydrogen-bond donors (Lipinski definition) is 1. The highest BCUT2D eigenvalue weighted by molar-refractivity contribution is 7.92. The predicted octanol–water partition coefficient (Wildman–Crippen LogP) is 5.97. The molecule has 2 amide bonds. The fraction of sp³-hybridized carbons (Fsp3) is 0.333. The number of halogens is 2. The van der Waals surface area contributed by atoms with Crippen LogP contribution in [0.4, 0.5) is 5.69 Å². The lowest BCUT2D eigenvalue weighted by Gasteiger charge is -2.32. The topological polar surface area (TPSA) is 86.8 Å². The summed E-state index contributed by atoms with van der Waals surface area (Å²) in [6.07, 6.45) is 3.92. The van der Waals surface area contributed by atoms with Crippen LogP contribution in [0.3, 0.4) is 0 Å². The Kier molecular flexibility index (Phi) is 9.77. The molecule has 0 radical (unpaired) electrons. The molecule has 1 atom stereocenters. The third-order valence-electron chi connectivity index (χ3n) is 7.11. The first-order valence-electron chi connectivity index (χ1n) is 13.2. The van der Waals surface area contributed by atoms with Crippen molar-refractivity contribution < 1.29 is 18.0 Å². The lowest BCUT2D eigenvalue weighted by Crippen LogP contribution is -2.52. The Bertz CT molecular complexity index is 1440. The zero-order valence-electron chi connectivity index (χ0n) is 22.5. The summed E-state index contributed by atoms with van der Waals surface area (Å²) in [5, 5.41) is 3.96. The van der Waals surface area contributed by atoms with Crippen LogP contribution in [-0.4, -0.2) is 43.8 Å². The van der Waals surface area contributed by atoms with Crippen LogP contribution in [0.5, 0.6) is 0 Å². The number of nitrogens with one attached hydrogen (secondary N) is 1. The SMILES string of the molecule is Cc1ccc(N(CC(=O)N(Cc2cccc(Cl)c2)[C@H](C)C(=O)NC2CCCC2)S(=O)(=O)c2ccc(Cl)cc2)cc1. The van der Waals surface area contributed by atoms with Crippen LogP contribution in [0.25, 0.3) is 0 Å². The molecule has 0 saturated heterocycles. The van der Waals surface area contributed by atoms with Crippen molar-refractivity contribution in [1.29, 1.82) is 0 Å². The van der Waals surface area contributed by atoms with Crippen LogP contribution >= 0.6 is 23.2 Å². The van der Waals surface area contributed by atoms with Crippen LogP contribution in [0.1, 0.15) is 43.7 Å². The standard InChI is InChI=1S/C30H33Cl2N3O4S/c1-21-10-14-27(15-11-21)35(40(38,39)28-16-12-24(31)13-17-28)20-29(36)34(19-23-6-5-7-25(32)18-23)22(2)30(37)33-26-8-3-4-9-26/h5-7,10-18,22,26H,3-4,8-9,19-20H2,1-2H3,(H,33,37)/t22-/m1/s1. The summed E-state index contributed by atoms with van der Waals surface area (Å²) in [7, 11) is -4.15. The zero-order valence-corrected chi connectivity index (χ0v) is 24.8. The number of sulfonamides is 1. The molecule has 0 aromatic heterocycles. The molecule has 0 unspecified atom stereocenters. The van der Waals surface area contributed by atoms with Crippen molar-refractivity contribution in [3.8, 4) is 0 Å². The molecular weight excluding hydrogens is 569 g/mol. The van der Waals surface area contributed by atoms with Gasteiger partial charge in [0.05, 0.1) is 10.6 Å². The number of nitrogens with zero attached hydrogens (tertiary/aromatic N) is 2. The van der Waals surface area contributed by atoms with Crippen LogP contribution < -0.4 is 9.62 Å². The quantitative estimate of drug-likeness (QED) is 0.310. The number of carbonyl (C=O) groups excluding carboxylic acids is 2. The van der Waals surface area contributed by atoms with E-state index in [0.29, 0.717) is 15.7 Å². The fourth-order valence-corrected chi connectivity index (χ4v) is 6.53. The van der Waals surface area contributed by atoms with E-state index >= 15 is 0 Å². The maximum absolute atomic E-state index is 14.0. The summed E-state index contributed by atoms with van der Waals surface area (Å²) in [6.45, 7) is 3.14. The minimum atomic E-state index is -4.15. The van der Waals surface area contributed by atoms with E-state index in [2.05, 4.69) is 5.32 Å². The van der Waals surface area contributed by atoms with Gasteiger partial charge >= 0.3 is 0 Å². The van der Waals surface area contributed by atoms with Gasteiger partial charge in [0.25, 0.3) is 10.0 Å². The van der Waals surface area contributed by atoms with E-state index < -0.39 is 28.5 Å². The smallest absolute Gasteiger partial charge is 0.264 e. The van der Waals surface area contributed by atoms with Crippen molar-refractivity contribution in [3.05, 3.63) is 94.0 Å². The Morgan fingerprint density at radius 1 is 0.950 bits per heavy atom. The van der Waals surface area contributed by atoms with E-state index in [0.717, 1.165) is 41.1 Å². The Labute approximate surface area is 246 Å². The molecular formula is C30H33Cl2N3O4S. The molecule has 10 heteroatoms. The first-order valence-corrected chi connectivity index (χ1v) is 15.4.